The molecule has 0 aliphatic heterocycles. The second kappa shape index (κ2) is 6.10. The van der Waals surface area contributed by atoms with Crippen LogP contribution in [0.1, 0.15) is 42.4 Å². The van der Waals surface area contributed by atoms with Crippen LogP contribution in [0, 0.1) is 12.3 Å². The van der Waals surface area contributed by atoms with E-state index in [1.54, 1.807) is 57.3 Å². The molecular weight excluding hydrogens is 278 g/mol. The Morgan fingerprint density at radius 3 is 2.36 bits per heavy atom. The lowest BCUT2D eigenvalue weighted by Gasteiger charge is -2.17. The molecule has 0 fully saturated rings. The van der Waals surface area contributed by atoms with Gasteiger partial charge in [-0.2, -0.15) is 0 Å². The molecule has 0 aliphatic carbocycles. The summed E-state index contributed by atoms with van der Waals surface area (Å²) < 4.78 is 5.40. The zero-order valence-corrected chi connectivity index (χ0v) is 13.2. The third kappa shape index (κ3) is 3.39. The number of pyridine rings is 1. The standard InChI is InChI=1S/C18H19NO3/c1-12-8-7-11-19-15(12)16(20)13-9-5-6-10-14(13)22-17(21)18(2,3)4/h5-11H,1-4H3. The summed E-state index contributed by atoms with van der Waals surface area (Å²) in [7, 11) is 0. The van der Waals surface area contributed by atoms with Crippen LogP contribution < -0.4 is 4.74 Å². The first-order valence-corrected chi connectivity index (χ1v) is 7.08. The number of carbonyl (C=O) groups is 2. The van der Waals surface area contributed by atoms with Crippen molar-refractivity contribution in [2.75, 3.05) is 0 Å². The largest absolute Gasteiger partial charge is 0.425 e. The summed E-state index contributed by atoms with van der Waals surface area (Å²) in [5.41, 5.74) is 0.838. The number of para-hydroxylation sites is 1. The zero-order chi connectivity index (χ0) is 16.3. The molecule has 1 heterocycles. The molecule has 0 bridgehead atoms. The molecule has 0 radical (unpaired) electrons. The van der Waals surface area contributed by atoms with E-state index >= 15 is 0 Å². The molecule has 0 spiro atoms. The van der Waals surface area contributed by atoms with Gasteiger partial charge >= 0.3 is 5.97 Å². The van der Waals surface area contributed by atoms with E-state index in [4.69, 9.17) is 4.74 Å². The highest BCUT2D eigenvalue weighted by Crippen LogP contribution is 2.25. The lowest BCUT2D eigenvalue weighted by molar-refractivity contribution is -0.143. The van der Waals surface area contributed by atoms with Gasteiger partial charge in [0.2, 0.25) is 5.78 Å². The number of esters is 1. The number of benzene rings is 1. The molecule has 22 heavy (non-hydrogen) atoms. The van der Waals surface area contributed by atoms with E-state index < -0.39 is 5.41 Å². The lowest BCUT2D eigenvalue weighted by Crippen LogP contribution is -2.26. The number of nitrogens with zero attached hydrogens (tertiary/aromatic N) is 1. The van der Waals surface area contributed by atoms with Crippen molar-refractivity contribution >= 4 is 11.8 Å². The minimum absolute atomic E-state index is 0.254. The lowest BCUT2D eigenvalue weighted by atomic mass is 9.97. The van der Waals surface area contributed by atoms with Crippen LogP contribution in [0.4, 0.5) is 0 Å². The number of aromatic nitrogens is 1. The minimum atomic E-state index is -0.642. The molecule has 114 valence electrons. The third-order valence-electron chi connectivity index (χ3n) is 3.17. The Hall–Kier alpha value is -2.49. The maximum atomic E-state index is 12.7. The fraction of sp³-hybridized carbons (Fsp3) is 0.278. The zero-order valence-electron chi connectivity index (χ0n) is 13.2. The number of carbonyl (C=O) groups excluding carboxylic acids is 2. The summed E-state index contributed by atoms with van der Waals surface area (Å²) in [6.45, 7) is 7.12. The molecule has 1 aromatic carbocycles. The SMILES string of the molecule is Cc1cccnc1C(=O)c1ccccc1OC(=O)C(C)(C)C. The topological polar surface area (TPSA) is 56.3 Å². The number of hydrogen-bond donors (Lipinski definition) is 0. The molecule has 0 saturated carbocycles. The molecule has 4 heteroatoms. The number of ether oxygens (including phenoxy) is 1. The second-order valence-electron chi connectivity index (χ2n) is 6.13. The van der Waals surface area contributed by atoms with Gasteiger partial charge in [0.15, 0.2) is 0 Å². The van der Waals surface area contributed by atoms with Gasteiger partial charge in [0, 0.05) is 6.20 Å². The van der Waals surface area contributed by atoms with Crippen LogP contribution in [-0.2, 0) is 4.79 Å². The Morgan fingerprint density at radius 1 is 1.05 bits per heavy atom. The van der Waals surface area contributed by atoms with Crippen molar-refractivity contribution in [2.45, 2.75) is 27.7 Å². The molecule has 1 aromatic heterocycles. The predicted octanol–water partition coefficient (Wildman–Crippen LogP) is 3.57. The van der Waals surface area contributed by atoms with Crippen LogP contribution in [0.5, 0.6) is 5.75 Å². The molecule has 2 aromatic rings. The summed E-state index contributed by atoms with van der Waals surface area (Å²) in [5.74, 6) is -0.376. The Bertz CT molecular complexity index is 714. The summed E-state index contributed by atoms with van der Waals surface area (Å²) in [6, 6.07) is 10.3. The summed E-state index contributed by atoms with van der Waals surface area (Å²) >= 11 is 0. The second-order valence-corrected chi connectivity index (χ2v) is 6.13. The Balaban J connectivity index is 2.39. The van der Waals surface area contributed by atoms with Crippen molar-refractivity contribution in [1.29, 1.82) is 0 Å². The summed E-state index contributed by atoms with van der Waals surface area (Å²) in [6.07, 6.45) is 1.57. The van der Waals surface area contributed by atoms with Crippen molar-refractivity contribution in [2.24, 2.45) is 5.41 Å². The highest BCUT2D eigenvalue weighted by atomic mass is 16.5. The smallest absolute Gasteiger partial charge is 0.316 e. The monoisotopic (exact) mass is 297 g/mol. The van der Waals surface area contributed by atoms with Gasteiger partial charge in [-0.15, -0.1) is 0 Å². The van der Waals surface area contributed by atoms with Gasteiger partial charge < -0.3 is 4.74 Å². The average molecular weight is 297 g/mol. The van der Waals surface area contributed by atoms with Gasteiger partial charge in [-0.3, -0.25) is 14.6 Å². The molecular formula is C18H19NO3. The van der Waals surface area contributed by atoms with Crippen LogP contribution in [-0.4, -0.2) is 16.7 Å². The maximum Gasteiger partial charge on any atom is 0.316 e. The first kappa shape index (κ1) is 15.9. The summed E-state index contributed by atoms with van der Waals surface area (Å²) in [4.78, 5) is 28.9. The third-order valence-corrected chi connectivity index (χ3v) is 3.17. The fourth-order valence-electron chi connectivity index (χ4n) is 1.85. The van der Waals surface area contributed by atoms with E-state index in [1.807, 2.05) is 13.0 Å². The number of rotatable bonds is 3. The number of aryl methyl sites for hydroxylation is 1. The minimum Gasteiger partial charge on any atom is -0.425 e. The van der Waals surface area contributed by atoms with Gasteiger partial charge in [-0.05, 0) is 51.5 Å². The van der Waals surface area contributed by atoms with E-state index in [2.05, 4.69) is 4.98 Å². The Morgan fingerprint density at radius 2 is 1.73 bits per heavy atom. The first-order chi connectivity index (χ1) is 10.3. The molecule has 0 unspecified atom stereocenters. The van der Waals surface area contributed by atoms with Crippen LogP contribution in [0.25, 0.3) is 0 Å². The van der Waals surface area contributed by atoms with E-state index in [0.29, 0.717) is 11.3 Å². The van der Waals surface area contributed by atoms with Gasteiger partial charge in [0.05, 0.1) is 11.0 Å². The van der Waals surface area contributed by atoms with E-state index in [-0.39, 0.29) is 17.5 Å². The van der Waals surface area contributed by atoms with Gasteiger partial charge in [0.1, 0.15) is 11.4 Å². The van der Waals surface area contributed by atoms with E-state index in [9.17, 15) is 9.59 Å². The molecule has 0 aliphatic rings. The van der Waals surface area contributed by atoms with Crippen LogP contribution in [0.15, 0.2) is 42.6 Å². The molecule has 4 nitrogen and oxygen atoms in total. The fourth-order valence-corrected chi connectivity index (χ4v) is 1.85. The van der Waals surface area contributed by atoms with Crippen molar-refractivity contribution in [3.05, 3.63) is 59.4 Å². The maximum absolute atomic E-state index is 12.7. The molecule has 0 atom stereocenters. The summed E-state index contributed by atoms with van der Waals surface area (Å²) in [5, 5.41) is 0. The average Bonchev–Trinajstić information content (AvgIpc) is 2.46. The van der Waals surface area contributed by atoms with Crippen molar-refractivity contribution in [1.82, 2.24) is 4.98 Å². The normalized spacial score (nSPS) is 11.1. The quantitative estimate of drug-likeness (QED) is 0.493. The Kier molecular flexibility index (Phi) is 4.40. The van der Waals surface area contributed by atoms with E-state index in [0.717, 1.165) is 5.56 Å². The first-order valence-electron chi connectivity index (χ1n) is 7.08. The van der Waals surface area contributed by atoms with Crippen molar-refractivity contribution < 1.29 is 14.3 Å². The van der Waals surface area contributed by atoms with Gasteiger partial charge in [0.25, 0.3) is 0 Å². The predicted molar refractivity (Wildman–Crippen MR) is 83.9 cm³/mol. The van der Waals surface area contributed by atoms with Crippen molar-refractivity contribution in [3.63, 3.8) is 0 Å². The Labute approximate surface area is 130 Å². The molecule has 0 saturated heterocycles. The van der Waals surface area contributed by atoms with Gasteiger partial charge in [-0.25, -0.2) is 0 Å². The van der Waals surface area contributed by atoms with Crippen LogP contribution in [0.2, 0.25) is 0 Å². The number of ketones is 1. The molecule has 0 N–H and O–H groups in total. The number of hydrogen-bond acceptors (Lipinski definition) is 4. The van der Waals surface area contributed by atoms with E-state index in [1.165, 1.54) is 0 Å². The van der Waals surface area contributed by atoms with Gasteiger partial charge in [-0.1, -0.05) is 18.2 Å². The molecule has 2 rings (SSSR count). The van der Waals surface area contributed by atoms with Crippen molar-refractivity contribution in [3.8, 4) is 5.75 Å². The van der Waals surface area contributed by atoms with Crippen LogP contribution in [0.3, 0.4) is 0 Å². The van der Waals surface area contributed by atoms with Crippen LogP contribution >= 0.6 is 0 Å². The highest BCUT2D eigenvalue weighted by molar-refractivity contribution is 6.10. The molecule has 0 amide bonds. The highest BCUT2D eigenvalue weighted by Gasteiger charge is 2.26.